The molecule has 1 aromatic heterocycles. The van der Waals surface area contributed by atoms with Gasteiger partial charge in [-0.15, -0.1) is 0 Å². The summed E-state index contributed by atoms with van der Waals surface area (Å²) in [6, 6.07) is 12.9. The molecule has 2 atom stereocenters. The van der Waals surface area contributed by atoms with E-state index in [0.29, 0.717) is 34.6 Å². The zero-order valence-electron chi connectivity index (χ0n) is 27.8. The van der Waals surface area contributed by atoms with Crippen LogP contribution in [0.4, 0.5) is 29.1 Å². The zero-order valence-corrected chi connectivity index (χ0v) is 28.6. The summed E-state index contributed by atoms with van der Waals surface area (Å²) in [5, 5.41) is 23.3. The summed E-state index contributed by atoms with van der Waals surface area (Å²) in [6.07, 6.45) is -3.67. The standard InChI is InChI=1S/C32H35FN4O6S.C2HF3O2/c1-5-19-15-24(25(33)16-27(19)43-4)30(36-21-10-11-22-20(14-21)12-13-35-31(22)34)32(40)37-26(17-29(38)39)23-8-6-7-9-28(23)44(41,42)18(2)3;3-2(4,5)1(6)7/h6-16,18,26,30,36H,5,17H2,1-4H3,(H2,34,35)(H,37,40)(H,38,39);(H,6,7)/t26-,30-;/m1./s1. The van der Waals surface area contributed by atoms with Crippen LogP contribution in [-0.2, 0) is 30.6 Å². The van der Waals surface area contributed by atoms with E-state index in [-0.39, 0.29) is 16.0 Å². The van der Waals surface area contributed by atoms with Gasteiger partial charge in [0.2, 0.25) is 5.91 Å². The molecule has 0 aliphatic carbocycles. The molecule has 274 valence electrons. The maximum absolute atomic E-state index is 15.7. The Kier molecular flexibility index (Phi) is 12.9. The monoisotopic (exact) mass is 736 g/mol. The highest BCUT2D eigenvalue weighted by molar-refractivity contribution is 7.92. The number of aryl methyl sites for hydroxylation is 1. The smallest absolute Gasteiger partial charge is 0.490 e. The van der Waals surface area contributed by atoms with Crippen LogP contribution in [0.1, 0.15) is 56.0 Å². The summed E-state index contributed by atoms with van der Waals surface area (Å²) in [4.78, 5) is 38.9. The SMILES string of the molecule is CCc1cc([C@@H](Nc2ccc3c(N)nccc3c2)C(=O)N[C@H](CC(=O)O)c2ccccc2S(=O)(=O)C(C)C)c(F)cc1OC.O=C(O)C(F)(F)F. The minimum absolute atomic E-state index is 0.00773. The molecule has 0 saturated carbocycles. The molecule has 6 N–H and O–H groups in total. The molecule has 4 rings (SSSR count). The Balaban J connectivity index is 0.000000908. The Bertz CT molecular complexity index is 2020. The van der Waals surface area contributed by atoms with E-state index in [1.807, 2.05) is 6.92 Å². The van der Waals surface area contributed by atoms with Crippen LogP contribution in [-0.4, -0.2) is 60.0 Å². The fourth-order valence-electron chi connectivity index (χ4n) is 5.00. The first kappa shape index (κ1) is 40.0. The number of aromatic nitrogens is 1. The van der Waals surface area contributed by atoms with Gasteiger partial charge in [0.25, 0.3) is 0 Å². The number of nitrogens with zero attached hydrogens (tertiary/aromatic N) is 1. The number of amides is 1. The Morgan fingerprint density at radius 3 is 2.22 bits per heavy atom. The van der Waals surface area contributed by atoms with Gasteiger partial charge in [0, 0.05) is 28.9 Å². The van der Waals surface area contributed by atoms with Crippen molar-refractivity contribution in [1.82, 2.24) is 10.3 Å². The largest absolute Gasteiger partial charge is 0.496 e. The summed E-state index contributed by atoms with van der Waals surface area (Å²) in [5.74, 6) is -4.87. The molecule has 0 saturated heterocycles. The van der Waals surface area contributed by atoms with Crippen LogP contribution in [0.25, 0.3) is 10.8 Å². The number of nitrogens with two attached hydrogens (primary N) is 1. The van der Waals surface area contributed by atoms with Crippen molar-refractivity contribution in [2.45, 2.75) is 62.0 Å². The Labute approximate surface area is 290 Å². The lowest BCUT2D eigenvalue weighted by molar-refractivity contribution is -0.192. The number of methoxy groups -OCH3 is 1. The minimum Gasteiger partial charge on any atom is -0.496 e. The van der Waals surface area contributed by atoms with E-state index in [9.17, 15) is 36.3 Å². The first-order chi connectivity index (χ1) is 23.8. The van der Waals surface area contributed by atoms with Crippen LogP contribution in [0.5, 0.6) is 5.75 Å². The number of ether oxygens (including phenoxy) is 1. The second kappa shape index (κ2) is 16.5. The fourth-order valence-corrected chi connectivity index (χ4v) is 6.31. The number of fused-ring (bicyclic) bond motifs is 1. The van der Waals surface area contributed by atoms with Crippen molar-refractivity contribution in [2.75, 3.05) is 18.2 Å². The van der Waals surface area contributed by atoms with E-state index in [1.54, 1.807) is 36.5 Å². The van der Waals surface area contributed by atoms with E-state index in [2.05, 4.69) is 15.6 Å². The number of hydrogen-bond donors (Lipinski definition) is 5. The number of nitrogen functional groups attached to an aromatic ring is 1. The van der Waals surface area contributed by atoms with Gasteiger partial charge < -0.3 is 31.3 Å². The number of carboxylic acids is 2. The van der Waals surface area contributed by atoms with Crippen LogP contribution in [0, 0.1) is 5.82 Å². The maximum atomic E-state index is 15.7. The van der Waals surface area contributed by atoms with E-state index < -0.39 is 63.4 Å². The van der Waals surface area contributed by atoms with Crippen LogP contribution in [0.2, 0.25) is 0 Å². The van der Waals surface area contributed by atoms with Gasteiger partial charge in [-0.25, -0.2) is 22.6 Å². The molecule has 0 aliphatic rings. The lowest BCUT2D eigenvalue weighted by atomic mass is 9.98. The molecule has 0 spiro atoms. The molecule has 0 fully saturated rings. The highest BCUT2D eigenvalue weighted by atomic mass is 32.2. The van der Waals surface area contributed by atoms with Gasteiger partial charge in [-0.2, -0.15) is 13.2 Å². The quantitative estimate of drug-likeness (QED) is 0.110. The number of carbonyl (C=O) groups excluding carboxylic acids is 1. The molecule has 0 unspecified atom stereocenters. The molecule has 1 amide bonds. The van der Waals surface area contributed by atoms with Crippen molar-refractivity contribution >= 4 is 50.0 Å². The predicted molar refractivity (Wildman–Crippen MR) is 180 cm³/mol. The Morgan fingerprint density at radius 1 is 1.00 bits per heavy atom. The van der Waals surface area contributed by atoms with Crippen molar-refractivity contribution in [1.29, 1.82) is 0 Å². The molecule has 0 aliphatic heterocycles. The Hall–Kier alpha value is -5.45. The van der Waals surface area contributed by atoms with Gasteiger partial charge in [-0.1, -0.05) is 25.1 Å². The van der Waals surface area contributed by atoms with Gasteiger partial charge in [0.05, 0.1) is 29.7 Å². The van der Waals surface area contributed by atoms with E-state index >= 15 is 4.39 Å². The van der Waals surface area contributed by atoms with Gasteiger partial charge in [-0.3, -0.25) is 9.59 Å². The number of carbonyl (C=O) groups is 3. The lowest BCUT2D eigenvalue weighted by Crippen LogP contribution is -2.38. The number of aliphatic carboxylic acids is 2. The van der Waals surface area contributed by atoms with Gasteiger partial charge in [0.1, 0.15) is 23.4 Å². The van der Waals surface area contributed by atoms with E-state index in [4.69, 9.17) is 20.4 Å². The van der Waals surface area contributed by atoms with Gasteiger partial charge >= 0.3 is 18.1 Å². The molecule has 0 bridgehead atoms. The summed E-state index contributed by atoms with van der Waals surface area (Å²) in [7, 11) is -2.42. The number of hydrogen-bond acceptors (Lipinski definition) is 9. The predicted octanol–water partition coefficient (Wildman–Crippen LogP) is 5.83. The van der Waals surface area contributed by atoms with Crippen molar-refractivity contribution in [3.8, 4) is 5.75 Å². The molecular weight excluding hydrogens is 700 g/mol. The first-order valence-electron chi connectivity index (χ1n) is 15.2. The average molecular weight is 737 g/mol. The summed E-state index contributed by atoms with van der Waals surface area (Å²) in [6.45, 7) is 4.89. The molecule has 12 nitrogen and oxygen atoms in total. The summed E-state index contributed by atoms with van der Waals surface area (Å²) >= 11 is 0. The highest BCUT2D eigenvalue weighted by Crippen LogP contribution is 2.33. The minimum atomic E-state index is -5.08. The Morgan fingerprint density at radius 2 is 1.65 bits per heavy atom. The fraction of sp³-hybridized carbons (Fsp3) is 0.294. The number of benzene rings is 3. The first-order valence-corrected chi connectivity index (χ1v) is 16.8. The molecule has 1 heterocycles. The summed E-state index contributed by atoms with van der Waals surface area (Å²) in [5.41, 5.74) is 7.20. The van der Waals surface area contributed by atoms with Crippen molar-refractivity contribution in [3.05, 3.63) is 89.4 Å². The lowest BCUT2D eigenvalue weighted by Gasteiger charge is -2.26. The molecule has 17 heteroatoms. The average Bonchev–Trinajstić information content (AvgIpc) is 3.06. The molecule has 0 radical (unpaired) electrons. The maximum Gasteiger partial charge on any atom is 0.490 e. The number of sulfone groups is 1. The molecular formula is C34H36F4N4O8S. The summed E-state index contributed by atoms with van der Waals surface area (Å²) < 4.78 is 79.1. The normalized spacial score (nSPS) is 12.7. The molecule has 4 aromatic rings. The number of halogens is 4. The van der Waals surface area contributed by atoms with E-state index in [1.165, 1.54) is 51.3 Å². The van der Waals surface area contributed by atoms with E-state index in [0.717, 1.165) is 5.39 Å². The van der Waals surface area contributed by atoms with Crippen LogP contribution >= 0.6 is 0 Å². The molecule has 51 heavy (non-hydrogen) atoms. The van der Waals surface area contributed by atoms with Crippen molar-refractivity contribution in [3.63, 3.8) is 0 Å². The van der Waals surface area contributed by atoms with Crippen LogP contribution in [0.15, 0.2) is 71.8 Å². The number of alkyl halides is 3. The number of nitrogens with one attached hydrogen (secondary N) is 2. The number of anilines is 2. The van der Waals surface area contributed by atoms with Gasteiger partial charge in [0.15, 0.2) is 9.84 Å². The second-order valence-corrected chi connectivity index (χ2v) is 13.8. The number of carboxylic acid groups (broad SMARTS) is 2. The zero-order chi connectivity index (χ0) is 38.3. The highest BCUT2D eigenvalue weighted by Gasteiger charge is 2.38. The van der Waals surface area contributed by atoms with Crippen molar-refractivity contribution in [2.24, 2.45) is 0 Å². The number of rotatable bonds is 12. The van der Waals surface area contributed by atoms with Crippen LogP contribution in [0.3, 0.4) is 0 Å². The second-order valence-electron chi connectivity index (χ2n) is 11.3. The topological polar surface area (TPSA) is 198 Å². The molecule has 3 aromatic carbocycles. The van der Waals surface area contributed by atoms with Crippen molar-refractivity contribution < 1.29 is 55.3 Å². The van der Waals surface area contributed by atoms with Crippen LogP contribution < -0.4 is 21.1 Å². The third-order valence-corrected chi connectivity index (χ3v) is 9.85. The third kappa shape index (κ3) is 9.84. The third-order valence-electron chi connectivity index (χ3n) is 7.62. The number of pyridine rings is 1. The van der Waals surface area contributed by atoms with Gasteiger partial charge in [-0.05, 0) is 73.2 Å².